The quantitative estimate of drug-likeness (QED) is 0.781. The third kappa shape index (κ3) is 4.95. The highest BCUT2D eigenvalue weighted by Crippen LogP contribution is 2.18. The molecule has 1 aliphatic heterocycles. The predicted octanol–water partition coefficient (Wildman–Crippen LogP) is 2.55. The van der Waals surface area contributed by atoms with Crippen LogP contribution in [0.4, 0.5) is 5.82 Å². The van der Waals surface area contributed by atoms with Gasteiger partial charge < -0.3 is 10.2 Å². The summed E-state index contributed by atoms with van der Waals surface area (Å²) in [6, 6.07) is 3.95. The number of piperidine rings is 1. The van der Waals surface area contributed by atoms with Crippen molar-refractivity contribution in [1.29, 1.82) is 0 Å². The molecule has 0 saturated carbocycles. The van der Waals surface area contributed by atoms with Crippen molar-refractivity contribution in [2.24, 2.45) is 0 Å². The van der Waals surface area contributed by atoms with Crippen LogP contribution in [0, 0.1) is 0 Å². The number of likely N-dealkylation sites (tertiary alicyclic amines) is 1. The minimum Gasteiger partial charge on any atom is -0.369 e. The van der Waals surface area contributed by atoms with E-state index in [9.17, 15) is 8.42 Å². The van der Waals surface area contributed by atoms with Crippen LogP contribution >= 0.6 is 0 Å². The van der Waals surface area contributed by atoms with Gasteiger partial charge in [-0.1, -0.05) is 6.42 Å². The van der Waals surface area contributed by atoms with Crippen molar-refractivity contribution in [3.63, 3.8) is 0 Å². The number of hydrogen-bond donors (Lipinski definition) is 1. The number of anilines is 1. The van der Waals surface area contributed by atoms with Crippen LogP contribution < -0.4 is 5.32 Å². The van der Waals surface area contributed by atoms with Crippen LogP contribution in [0.1, 0.15) is 39.0 Å². The summed E-state index contributed by atoms with van der Waals surface area (Å²) in [6.45, 7) is 5.41. The van der Waals surface area contributed by atoms with Crippen molar-refractivity contribution in [3.8, 4) is 0 Å². The minimum absolute atomic E-state index is 0.277. The van der Waals surface area contributed by atoms with Gasteiger partial charge in [-0.05, 0) is 57.8 Å². The zero-order chi connectivity index (χ0) is 16.0. The van der Waals surface area contributed by atoms with Crippen LogP contribution in [0.15, 0.2) is 23.2 Å². The Labute approximate surface area is 134 Å². The second-order valence-corrected chi connectivity index (χ2v) is 8.12. The summed E-state index contributed by atoms with van der Waals surface area (Å²) in [5.74, 6) is 0.469. The van der Waals surface area contributed by atoms with Gasteiger partial charge in [0.05, 0.1) is 0 Å². The van der Waals surface area contributed by atoms with E-state index in [-0.39, 0.29) is 4.90 Å². The molecule has 1 aromatic rings. The fraction of sp³-hybridized carbons (Fsp3) is 0.688. The first-order chi connectivity index (χ1) is 10.5. The van der Waals surface area contributed by atoms with Crippen LogP contribution in [0.2, 0.25) is 0 Å². The van der Waals surface area contributed by atoms with Gasteiger partial charge in [0.15, 0.2) is 9.84 Å². The van der Waals surface area contributed by atoms with E-state index in [4.69, 9.17) is 0 Å². The highest BCUT2D eigenvalue weighted by atomic mass is 32.2. The predicted molar refractivity (Wildman–Crippen MR) is 90.0 cm³/mol. The summed E-state index contributed by atoms with van der Waals surface area (Å²) in [7, 11) is -3.23. The molecule has 1 aromatic heterocycles. The van der Waals surface area contributed by atoms with Gasteiger partial charge in [-0.15, -0.1) is 0 Å². The summed E-state index contributed by atoms with van der Waals surface area (Å²) in [5.41, 5.74) is 0. The van der Waals surface area contributed by atoms with Gasteiger partial charge in [0.2, 0.25) is 0 Å². The van der Waals surface area contributed by atoms with Crippen molar-refractivity contribution in [2.75, 3.05) is 31.2 Å². The maximum absolute atomic E-state index is 11.7. The number of aromatic nitrogens is 1. The molecule has 0 amide bonds. The number of rotatable bonds is 7. The highest BCUT2D eigenvalue weighted by Gasteiger charge is 2.17. The Morgan fingerprint density at radius 3 is 2.91 bits per heavy atom. The second-order valence-electron chi connectivity index (χ2n) is 6.14. The molecule has 0 aliphatic carbocycles. The molecule has 124 valence electrons. The van der Waals surface area contributed by atoms with Crippen molar-refractivity contribution < 1.29 is 8.42 Å². The first-order valence-electron chi connectivity index (χ1n) is 8.11. The molecule has 0 bridgehead atoms. The Balaban J connectivity index is 1.75. The Morgan fingerprint density at radius 2 is 2.18 bits per heavy atom. The summed E-state index contributed by atoms with van der Waals surface area (Å²) < 4.78 is 23.4. The lowest BCUT2D eigenvalue weighted by atomic mass is 10.0. The van der Waals surface area contributed by atoms with Crippen molar-refractivity contribution >= 4 is 15.7 Å². The van der Waals surface area contributed by atoms with E-state index in [2.05, 4.69) is 22.1 Å². The van der Waals surface area contributed by atoms with Crippen molar-refractivity contribution in [3.05, 3.63) is 18.3 Å². The minimum atomic E-state index is -3.23. The van der Waals surface area contributed by atoms with Crippen molar-refractivity contribution in [2.45, 2.75) is 50.0 Å². The third-order valence-corrected chi connectivity index (χ3v) is 5.40. The second kappa shape index (κ2) is 7.92. The normalized spacial score (nSPS) is 20.0. The van der Waals surface area contributed by atoms with E-state index in [1.54, 1.807) is 18.3 Å². The Bertz CT molecular complexity index is 575. The smallest absolute Gasteiger partial charge is 0.179 e. The topological polar surface area (TPSA) is 62.3 Å². The summed E-state index contributed by atoms with van der Waals surface area (Å²) in [5, 5.41) is 3.16. The number of hydrogen-bond acceptors (Lipinski definition) is 5. The first-order valence-corrected chi connectivity index (χ1v) is 10.0. The number of pyridine rings is 1. The summed E-state index contributed by atoms with van der Waals surface area (Å²) in [4.78, 5) is 6.98. The van der Waals surface area contributed by atoms with Crippen LogP contribution in [0.3, 0.4) is 0 Å². The number of unbranched alkanes of at least 4 members (excludes halogenated alkanes) is 1. The monoisotopic (exact) mass is 325 g/mol. The lowest BCUT2D eigenvalue weighted by molar-refractivity contribution is 0.158. The Kier molecular flexibility index (Phi) is 6.20. The highest BCUT2D eigenvalue weighted by molar-refractivity contribution is 7.90. The molecule has 1 N–H and O–H groups in total. The standard InChI is InChI=1S/C16H27N3O2S/c1-14-8-3-5-12-19(14)13-6-4-10-17-16-15(22(2,20)21)9-7-11-18-16/h7,9,11,14H,3-6,8,10,12-13H2,1-2H3,(H,17,18). The van der Waals surface area contributed by atoms with Crippen molar-refractivity contribution in [1.82, 2.24) is 9.88 Å². The molecule has 1 unspecified atom stereocenters. The van der Waals surface area contributed by atoms with E-state index in [0.29, 0.717) is 11.9 Å². The van der Waals surface area contributed by atoms with E-state index < -0.39 is 9.84 Å². The van der Waals surface area contributed by atoms with Gasteiger partial charge >= 0.3 is 0 Å². The molecule has 0 aromatic carbocycles. The van der Waals surface area contributed by atoms with Crippen LogP contribution in [-0.2, 0) is 9.84 Å². The van der Waals surface area contributed by atoms with E-state index in [1.807, 2.05) is 0 Å². The molecule has 1 aliphatic rings. The van der Waals surface area contributed by atoms with E-state index in [0.717, 1.165) is 25.9 Å². The zero-order valence-corrected chi connectivity index (χ0v) is 14.4. The number of sulfone groups is 1. The molecule has 2 heterocycles. The summed E-state index contributed by atoms with van der Waals surface area (Å²) >= 11 is 0. The lowest BCUT2D eigenvalue weighted by Crippen LogP contribution is -2.38. The number of nitrogens with one attached hydrogen (secondary N) is 1. The fourth-order valence-corrected chi connectivity index (χ4v) is 3.76. The first kappa shape index (κ1) is 17.2. The third-order valence-electron chi connectivity index (χ3n) is 4.28. The largest absolute Gasteiger partial charge is 0.369 e. The van der Waals surface area contributed by atoms with Crippen LogP contribution in [-0.4, -0.2) is 50.2 Å². The number of nitrogens with zero attached hydrogens (tertiary/aromatic N) is 2. The fourth-order valence-electron chi connectivity index (χ4n) is 2.96. The molecule has 1 saturated heterocycles. The maximum atomic E-state index is 11.7. The van der Waals surface area contributed by atoms with Crippen LogP contribution in [0.5, 0.6) is 0 Å². The lowest BCUT2D eigenvalue weighted by Gasteiger charge is -2.33. The molecule has 0 spiro atoms. The summed E-state index contributed by atoms with van der Waals surface area (Å²) in [6.07, 6.45) is 8.95. The van der Waals surface area contributed by atoms with Gasteiger partial charge in [-0.25, -0.2) is 13.4 Å². The molecule has 2 rings (SSSR count). The SMILES string of the molecule is CC1CCCCN1CCCCNc1ncccc1S(C)(=O)=O. The molecule has 5 nitrogen and oxygen atoms in total. The van der Waals surface area contributed by atoms with Gasteiger partial charge in [0.25, 0.3) is 0 Å². The molecule has 0 radical (unpaired) electrons. The van der Waals surface area contributed by atoms with E-state index in [1.165, 1.54) is 32.1 Å². The average Bonchev–Trinajstić information content (AvgIpc) is 2.48. The molecule has 1 atom stereocenters. The molecule has 22 heavy (non-hydrogen) atoms. The Hall–Kier alpha value is -1.14. The van der Waals surface area contributed by atoms with Gasteiger partial charge in [0, 0.05) is 25.0 Å². The molecular weight excluding hydrogens is 298 g/mol. The van der Waals surface area contributed by atoms with Gasteiger partial charge in [-0.2, -0.15) is 0 Å². The van der Waals surface area contributed by atoms with Crippen LogP contribution in [0.25, 0.3) is 0 Å². The Morgan fingerprint density at radius 1 is 1.36 bits per heavy atom. The molecule has 1 fully saturated rings. The molecule has 6 heteroatoms. The average molecular weight is 325 g/mol. The zero-order valence-electron chi connectivity index (χ0n) is 13.6. The van der Waals surface area contributed by atoms with Gasteiger partial charge in [0.1, 0.15) is 10.7 Å². The van der Waals surface area contributed by atoms with Gasteiger partial charge in [-0.3, -0.25) is 0 Å². The maximum Gasteiger partial charge on any atom is 0.179 e. The molecular formula is C16H27N3O2S. The van der Waals surface area contributed by atoms with E-state index >= 15 is 0 Å².